The number of thioether (sulfide) groups is 1. The summed E-state index contributed by atoms with van der Waals surface area (Å²) in [4.78, 5) is 134. The zero-order valence-electron chi connectivity index (χ0n) is 50.1. The molecule has 2 fully saturated rings. The van der Waals surface area contributed by atoms with E-state index in [4.69, 9.17) is 5.73 Å². The number of fused-ring (bicyclic) bond motifs is 1. The Hall–Kier alpha value is -7.25. The van der Waals surface area contributed by atoms with Crippen LogP contribution in [0, 0.1) is 5.92 Å². The van der Waals surface area contributed by atoms with Crippen LogP contribution in [0.15, 0.2) is 84.9 Å². The number of Topliss-reactive ketones (excluding diaryl/α,β-unsaturated/α-hetero) is 1. The molecule has 0 bridgehead atoms. The summed E-state index contributed by atoms with van der Waals surface area (Å²) in [6.45, 7) is 10.2. The Morgan fingerprint density at radius 1 is 0.616 bits per heavy atom. The molecular formula is C62H88N10O13S. The number of benzene rings is 3. The van der Waals surface area contributed by atoms with E-state index in [1.165, 1.54) is 13.8 Å². The first kappa shape index (κ1) is 69.5. The molecule has 14 N–H and O–H groups in total. The van der Waals surface area contributed by atoms with Crippen LogP contribution in [0.1, 0.15) is 133 Å². The predicted molar refractivity (Wildman–Crippen MR) is 325 cm³/mol. The molecule has 0 unspecified atom stereocenters. The number of ketones is 2. The molecule has 23 nitrogen and oxygen atoms in total. The van der Waals surface area contributed by atoms with E-state index in [0.717, 1.165) is 18.6 Å². The van der Waals surface area contributed by atoms with Gasteiger partial charge < -0.3 is 63.6 Å². The van der Waals surface area contributed by atoms with Gasteiger partial charge in [-0.15, -0.1) is 0 Å². The Bertz CT molecular complexity index is 2790. The molecule has 24 heteroatoms. The van der Waals surface area contributed by atoms with Crippen molar-refractivity contribution >= 4 is 70.8 Å². The Kier molecular flexibility index (Phi) is 27.2. The first-order valence-electron chi connectivity index (χ1n) is 29.6. The van der Waals surface area contributed by atoms with Gasteiger partial charge in [-0.2, -0.15) is 11.8 Å². The number of hydrogen-bond acceptors (Lipinski definition) is 15. The molecule has 2 heterocycles. The zero-order chi connectivity index (χ0) is 63.1. The minimum Gasteiger partial charge on any atom is -0.480 e. The topological polar surface area (TPSA) is 366 Å². The van der Waals surface area contributed by atoms with E-state index in [-0.39, 0.29) is 78.6 Å². The van der Waals surface area contributed by atoms with Gasteiger partial charge in [-0.05, 0) is 96.2 Å². The number of urea groups is 1. The van der Waals surface area contributed by atoms with Crippen LogP contribution in [0.4, 0.5) is 4.79 Å². The van der Waals surface area contributed by atoms with Crippen molar-refractivity contribution in [2.75, 3.05) is 25.4 Å². The highest BCUT2D eigenvalue weighted by Crippen LogP contribution is 2.47. The number of amides is 8. The molecule has 11 atom stereocenters. The van der Waals surface area contributed by atoms with Gasteiger partial charge in [0.25, 0.3) is 0 Å². The van der Waals surface area contributed by atoms with Gasteiger partial charge in [0.15, 0.2) is 5.78 Å². The number of nitrogens with two attached hydrogens (primary N) is 1. The van der Waals surface area contributed by atoms with E-state index in [1.807, 2.05) is 11.8 Å². The highest BCUT2D eigenvalue weighted by Gasteiger charge is 2.60. The largest absolute Gasteiger partial charge is 0.480 e. The van der Waals surface area contributed by atoms with Crippen molar-refractivity contribution in [1.29, 1.82) is 0 Å². The number of carboxylic acids is 1. The fourth-order valence-corrected chi connectivity index (χ4v) is 12.3. The highest BCUT2D eigenvalue weighted by atomic mass is 32.2. The molecule has 0 saturated carbocycles. The second kappa shape index (κ2) is 33.6. The van der Waals surface area contributed by atoms with Gasteiger partial charge >= 0.3 is 12.0 Å². The van der Waals surface area contributed by atoms with Crippen molar-refractivity contribution < 1.29 is 63.3 Å². The molecule has 2 aliphatic heterocycles. The summed E-state index contributed by atoms with van der Waals surface area (Å²) in [6.07, 6.45) is 1.47. The molecule has 2 aliphatic rings. The zero-order valence-corrected chi connectivity index (χ0v) is 50.9. The maximum atomic E-state index is 14.5. The standard InChI is InChI=1S/C62H88N10O13S/c1-37(2)50(69-57(81)51(38(3)73)65-35-44(75)23-16-18-32-64-49(76)26-14-13-25-48-62(6)61(5,36-86-48)71-60(85)72-62)56(80)70-52(39(4)74)58(82)67-46(33-41-27-29-43(30-28-41)53(77)42-21-11-8-12-22-42)55(79)66-45(24-15-17-31-63)54(78)68-47(59(83)84)34-40-19-9-7-10-20-40/h7-12,19-22,27-30,37-39,45-48,50-52,65,73-74H,13-18,23-26,31-36,63H2,1-6H3,(H,64,76)(H,66,79)(H,67,82)(H,68,78)(H,69,81)(H,70,80)(H,83,84)(H2,71,72,85)/t38-,39-,45+,46+,47+,48+,50+,51+,52+,61+,62-/m1/s1. The molecule has 86 heavy (non-hydrogen) atoms. The quantitative estimate of drug-likeness (QED) is 0.0223. The van der Waals surface area contributed by atoms with Gasteiger partial charge in [0.05, 0.1) is 29.8 Å². The predicted octanol–water partition coefficient (Wildman–Crippen LogP) is 2.08. The van der Waals surface area contributed by atoms with Gasteiger partial charge in [0.2, 0.25) is 35.4 Å². The lowest BCUT2D eigenvalue weighted by atomic mass is 9.79. The summed E-state index contributed by atoms with van der Waals surface area (Å²) in [5.41, 5.74) is 6.97. The van der Waals surface area contributed by atoms with Crippen LogP contribution >= 0.6 is 11.8 Å². The first-order chi connectivity index (χ1) is 40.9. The summed E-state index contributed by atoms with van der Waals surface area (Å²) in [5, 5.41) is 56.7. The molecule has 0 aliphatic carbocycles. The second-order valence-electron chi connectivity index (χ2n) is 23.2. The lowest BCUT2D eigenvalue weighted by Crippen LogP contribution is -2.63. The third kappa shape index (κ3) is 20.4. The fourth-order valence-electron chi connectivity index (χ4n) is 10.4. The lowest BCUT2D eigenvalue weighted by molar-refractivity contribution is -0.142. The number of carbonyl (C=O) groups is 10. The Balaban J connectivity index is 1.18. The molecular weight excluding hydrogens is 1120 g/mol. The number of rotatable bonds is 37. The number of hydrogen-bond donors (Lipinski definition) is 13. The second-order valence-corrected chi connectivity index (χ2v) is 24.3. The van der Waals surface area contributed by atoms with E-state index >= 15 is 0 Å². The van der Waals surface area contributed by atoms with Crippen molar-refractivity contribution in [3.8, 4) is 0 Å². The van der Waals surface area contributed by atoms with Gasteiger partial charge in [0.1, 0.15) is 42.0 Å². The van der Waals surface area contributed by atoms with Crippen LogP contribution in [0.3, 0.4) is 0 Å². The van der Waals surface area contributed by atoms with Crippen molar-refractivity contribution in [3.63, 3.8) is 0 Å². The van der Waals surface area contributed by atoms with Gasteiger partial charge in [-0.1, -0.05) is 105 Å². The molecule has 0 aromatic heterocycles. The van der Waals surface area contributed by atoms with Gasteiger partial charge in [-0.25, -0.2) is 9.59 Å². The average molecular weight is 1210 g/mol. The van der Waals surface area contributed by atoms with Crippen LogP contribution in [0.25, 0.3) is 0 Å². The highest BCUT2D eigenvalue weighted by molar-refractivity contribution is 8.00. The normalized spacial score (nSPS) is 19.8. The minimum absolute atomic E-state index is 0.0351. The van der Waals surface area contributed by atoms with Gasteiger partial charge in [-0.3, -0.25) is 43.7 Å². The summed E-state index contributed by atoms with van der Waals surface area (Å²) < 4.78 is 0. The monoisotopic (exact) mass is 1210 g/mol. The summed E-state index contributed by atoms with van der Waals surface area (Å²) in [7, 11) is 0. The van der Waals surface area contributed by atoms with E-state index in [9.17, 15) is 63.3 Å². The molecule has 470 valence electrons. The van der Waals surface area contributed by atoms with E-state index in [2.05, 4.69) is 61.7 Å². The molecule has 3 aromatic rings. The van der Waals surface area contributed by atoms with E-state index in [1.54, 1.807) is 98.8 Å². The number of carboxylic acid groups (broad SMARTS) is 1. The van der Waals surface area contributed by atoms with Crippen molar-refractivity contribution in [1.82, 2.24) is 47.9 Å². The Morgan fingerprint density at radius 2 is 1.16 bits per heavy atom. The Labute approximate surface area is 507 Å². The summed E-state index contributed by atoms with van der Waals surface area (Å²) in [6, 6.07) is 14.7. The van der Waals surface area contributed by atoms with E-state index < -0.39 is 89.9 Å². The summed E-state index contributed by atoms with van der Waals surface area (Å²) in [5.74, 6) is -6.22. The first-order valence-corrected chi connectivity index (χ1v) is 30.7. The smallest absolute Gasteiger partial charge is 0.326 e. The average Bonchev–Trinajstić information content (AvgIpc) is 1.59. The van der Waals surface area contributed by atoms with Crippen molar-refractivity contribution in [3.05, 3.63) is 107 Å². The molecule has 8 amide bonds. The third-order valence-corrected chi connectivity index (χ3v) is 17.7. The van der Waals surface area contributed by atoms with Crippen LogP contribution in [-0.2, 0) is 51.2 Å². The van der Waals surface area contributed by atoms with E-state index in [0.29, 0.717) is 67.3 Å². The van der Waals surface area contributed by atoms with Gasteiger partial charge in [0, 0.05) is 54.4 Å². The summed E-state index contributed by atoms with van der Waals surface area (Å²) >= 11 is 1.83. The minimum atomic E-state index is -1.74. The molecule has 5 rings (SSSR count). The maximum absolute atomic E-state index is 14.5. The number of aliphatic hydroxyl groups excluding tert-OH is 2. The number of unbranched alkanes of at least 4 members (excludes halogenated alkanes) is 3. The maximum Gasteiger partial charge on any atom is 0.326 e. The SMILES string of the molecule is CC(C)[C@H](NC(=O)[C@@H](NCC(=O)CCCCNC(=O)CCCC[C@@H]1SC[C@]2(C)NC(=O)N[C@]12C)[C@@H](C)O)C(=O)N[C@H](C(=O)N[C@@H](Cc1ccc(C(=O)c2ccccc2)cc1)C(=O)N[C@@H](CCCCN)C(=O)N[C@@H](Cc1ccccc1)C(=O)O)[C@@H](C)O. The van der Waals surface area contributed by atoms with Crippen LogP contribution < -0.4 is 53.6 Å². The van der Waals surface area contributed by atoms with Crippen LogP contribution in [0.2, 0.25) is 0 Å². The number of aliphatic hydroxyl groups is 2. The molecule has 3 aromatic carbocycles. The van der Waals surface area contributed by atoms with Crippen LogP contribution in [-0.4, -0.2) is 165 Å². The van der Waals surface area contributed by atoms with Crippen molar-refractivity contribution in [2.24, 2.45) is 11.7 Å². The third-order valence-electron chi connectivity index (χ3n) is 15.8. The molecule has 0 spiro atoms. The van der Waals surface area contributed by atoms with Crippen molar-refractivity contribution in [2.45, 2.75) is 183 Å². The number of nitrogens with one attached hydrogen (secondary N) is 9. The molecule has 0 radical (unpaired) electrons. The van der Waals surface area contributed by atoms with Crippen LogP contribution in [0.5, 0.6) is 0 Å². The fraction of sp³-hybridized carbons (Fsp3) is 0.548. The lowest BCUT2D eigenvalue weighted by Gasteiger charge is -2.35. The number of aliphatic carboxylic acids is 1. The Morgan fingerprint density at radius 3 is 1.79 bits per heavy atom. The molecule has 2 saturated heterocycles. The number of carbonyl (C=O) groups excluding carboxylic acids is 9.